The Morgan fingerprint density at radius 3 is 2.59 bits per heavy atom. The number of amides is 1. The third-order valence-electron chi connectivity index (χ3n) is 3.31. The maximum atomic E-state index is 11.7. The molecule has 2 N–H and O–H groups in total. The molecule has 0 heterocycles. The summed E-state index contributed by atoms with van der Waals surface area (Å²) in [5.41, 5.74) is 1.14. The van der Waals surface area contributed by atoms with Crippen LogP contribution in [0.25, 0.3) is 0 Å². The number of ether oxygens (including phenoxy) is 1. The van der Waals surface area contributed by atoms with Gasteiger partial charge in [0.25, 0.3) is 0 Å². The third-order valence-corrected chi connectivity index (χ3v) is 3.31. The summed E-state index contributed by atoms with van der Waals surface area (Å²) in [6.07, 6.45) is 1.73. The second-order valence-corrected chi connectivity index (χ2v) is 5.75. The zero-order valence-electron chi connectivity index (χ0n) is 13.5. The summed E-state index contributed by atoms with van der Waals surface area (Å²) in [6, 6.07) is 6.99. The molecule has 0 aliphatic carbocycles. The van der Waals surface area contributed by atoms with E-state index in [1.54, 1.807) is 13.8 Å². The molecule has 5 heteroatoms. The smallest absolute Gasteiger partial charge is 0.326 e. The number of hydrogen-bond acceptors (Lipinski definition) is 3. The summed E-state index contributed by atoms with van der Waals surface area (Å²) >= 11 is 0. The molecule has 0 aliphatic rings. The van der Waals surface area contributed by atoms with Gasteiger partial charge in [-0.15, -0.1) is 0 Å². The highest BCUT2D eigenvalue weighted by molar-refractivity contribution is 5.83. The number of aryl methyl sites for hydroxylation is 1. The third kappa shape index (κ3) is 6.61. The van der Waals surface area contributed by atoms with Gasteiger partial charge >= 0.3 is 5.97 Å². The van der Waals surface area contributed by atoms with E-state index in [9.17, 15) is 9.59 Å². The van der Waals surface area contributed by atoms with Gasteiger partial charge in [0.2, 0.25) is 5.91 Å². The van der Waals surface area contributed by atoms with Crippen molar-refractivity contribution in [1.29, 1.82) is 0 Å². The van der Waals surface area contributed by atoms with Gasteiger partial charge in [0, 0.05) is 6.42 Å². The van der Waals surface area contributed by atoms with Gasteiger partial charge in [-0.25, -0.2) is 4.79 Å². The van der Waals surface area contributed by atoms with E-state index >= 15 is 0 Å². The highest BCUT2D eigenvalue weighted by Crippen LogP contribution is 2.13. The summed E-state index contributed by atoms with van der Waals surface area (Å²) < 4.78 is 5.60. The Balaban J connectivity index is 2.21. The maximum Gasteiger partial charge on any atom is 0.326 e. The lowest BCUT2D eigenvalue weighted by atomic mass is 10.0. The van der Waals surface area contributed by atoms with E-state index < -0.39 is 12.0 Å². The molecule has 5 nitrogen and oxygen atoms in total. The maximum absolute atomic E-state index is 11.7. The predicted octanol–water partition coefficient (Wildman–Crippen LogP) is 2.77. The van der Waals surface area contributed by atoms with Crippen LogP contribution in [-0.4, -0.2) is 29.6 Å². The molecule has 0 saturated carbocycles. The summed E-state index contributed by atoms with van der Waals surface area (Å²) in [5.74, 6) is -0.524. The van der Waals surface area contributed by atoms with Crippen LogP contribution < -0.4 is 10.1 Å². The van der Waals surface area contributed by atoms with E-state index in [0.29, 0.717) is 19.4 Å². The topological polar surface area (TPSA) is 75.6 Å². The molecule has 0 unspecified atom stereocenters. The highest BCUT2D eigenvalue weighted by Gasteiger charge is 2.22. The van der Waals surface area contributed by atoms with Crippen molar-refractivity contribution >= 4 is 11.9 Å². The number of rotatable bonds is 9. The van der Waals surface area contributed by atoms with Gasteiger partial charge < -0.3 is 15.2 Å². The Morgan fingerprint density at radius 1 is 1.27 bits per heavy atom. The Kier molecular flexibility index (Phi) is 7.43. The molecule has 1 atom stereocenters. The fourth-order valence-corrected chi connectivity index (χ4v) is 2.04. The number of carbonyl (C=O) groups excluding carboxylic acids is 1. The largest absolute Gasteiger partial charge is 0.494 e. The van der Waals surface area contributed by atoms with Crippen LogP contribution in [0.3, 0.4) is 0 Å². The Labute approximate surface area is 131 Å². The first-order valence-corrected chi connectivity index (χ1v) is 7.61. The number of carboxylic acids is 1. The normalized spacial score (nSPS) is 12.0. The predicted molar refractivity (Wildman–Crippen MR) is 84.9 cm³/mol. The number of nitrogens with one attached hydrogen (secondary N) is 1. The number of benzene rings is 1. The molecule has 0 aliphatic heterocycles. The minimum Gasteiger partial charge on any atom is -0.494 e. The summed E-state index contributed by atoms with van der Waals surface area (Å²) in [6.45, 7) is 6.09. The van der Waals surface area contributed by atoms with E-state index in [2.05, 4.69) is 5.32 Å². The van der Waals surface area contributed by atoms with Crippen LogP contribution >= 0.6 is 0 Å². The lowest BCUT2D eigenvalue weighted by molar-refractivity contribution is -0.143. The monoisotopic (exact) mass is 307 g/mol. The fraction of sp³-hybridized carbons (Fsp3) is 0.529. The molecule has 122 valence electrons. The van der Waals surface area contributed by atoms with Crippen LogP contribution in [0.2, 0.25) is 0 Å². The van der Waals surface area contributed by atoms with Gasteiger partial charge in [-0.1, -0.05) is 26.0 Å². The van der Waals surface area contributed by atoms with Crippen LogP contribution in [0.5, 0.6) is 5.75 Å². The summed E-state index contributed by atoms with van der Waals surface area (Å²) in [7, 11) is 0. The van der Waals surface area contributed by atoms with Gasteiger partial charge in [0.05, 0.1) is 6.61 Å². The van der Waals surface area contributed by atoms with Crippen LogP contribution in [0, 0.1) is 12.8 Å². The Morgan fingerprint density at radius 2 is 2.00 bits per heavy atom. The molecule has 1 rings (SSSR count). The van der Waals surface area contributed by atoms with Crippen molar-refractivity contribution in [3.63, 3.8) is 0 Å². The zero-order valence-corrected chi connectivity index (χ0v) is 13.5. The van der Waals surface area contributed by atoms with E-state index in [1.807, 2.05) is 31.2 Å². The molecule has 0 radical (unpaired) electrons. The van der Waals surface area contributed by atoms with Gasteiger partial charge in [-0.2, -0.15) is 0 Å². The number of hydrogen-bond donors (Lipinski definition) is 2. The van der Waals surface area contributed by atoms with Crippen molar-refractivity contribution in [1.82, 2.24) is 5.32 Å². The standard InChI is InChI=1S/C17H25NO4/c1-12(2)16(17(20)21)18-15(19)9-4-5-10-22-14-8-6-7-13(3)11-14/h6-8,11-12,16H,4-5,9-10H2,1-3H3,(H,18,19)(H,20,21)/t16-/m1/s1. The van der Waals surface area contributed by atoms with E-state index in [1.165, 1.54) is 0 Å². The molecule has 0 spiro atoms. The molecule has 1 amide bonds. The van der Waals surface area contributed by atoms with Crippen molar-refractivity contribution in [2.24, 2.45) is 5.92 Å². The zero-order chi connectivity index (χ0) is 16.5. The Bertz CT molecular complexity index is 499. The number of carboxylic acid groups (broad SMARTS) is 1. The average molecular weight is 307 g/mol. The van der Waals surface area contributed by atoms with Crippen LogP contribution in [0.1, 0.15) is 38.7 Å². The first kappa shape index (κ1) is 18.0. The van der Waals surface area contributed by atoms with E-state index in [4.69, 9.17) is 9.84 Å². The first-order chi connectivity index (χ1) is 10.4. The van der Waals surface area contributed by atoms with Crippen molar-refractivity contribution in [2.75, 3.05) is 6.61 Å². The van der Waals surface area contributed by atoms with Crippen molar-refractivity contribution < 1.29 is 19.4 Å². The van der Waals surface area contributed by atoms with Gasteiger partial charge in [-0.05, 0) is 43.4 Å². The van der Waals surface area contributed by atoms with Crippen LogP contribution in [-0.2, 0) is 9.59 Å². The minimum absolute atomic E-state index is 0.133. The summed E-state index contributed by atoms with van der Waals surface area (Å²) in [5, 5.41) is 11.6. The van der Waals surface area contributed by atoms with Crippen molar-refractivity contribution in [3.05, 3.63) is 29.8 Å². The summed E-state index contributed by atoms with van der Waals surface area (Å²) in [4.78, 5) is 22.7. The van der Waals surface area contributed by atoms with E-state index in [-0.39, 0.29) is 11.8 Å². The van der Waals surface area contributed by atoms with Crippen LogP contribution in [0.4, 0.5) is 0 Å². The second kappa shape index (κ2) is 9.07. The van der Waals surface area contributed by atoms with Gasteiger partial charge in [-0.3, -0.25) is 4.79 Å². The minimum atomic E-state index is -0.994. The molecule has 0 aromatic heterocycles. The lowest BCUT2D eigenvalue weighted by Crippen LogP contribution is -2.44. The molecule has 22 heavy (non-hydrogen) atoms. The SMILES string of the molecule is Cc1cccc(OCCCCC(=O)N[C@@H](C(=O)O)C(C)C)c1. The molecule has 1 aromatic carbocycles. The number of unbranched alkanes of at least 4 members (excludes halogenated alkanes) is 1. The van der Waals surface area contributed by atoms with Gasteiger partial charge in [0.15, 0.2) is 0 Å². The van der Waals surface area contributed by atoms with Crippen molar-refractivity contribution in [2.45, 2.75) is 46.1 Å². The molecule has 0 bridgehead atoms. The fourth-order valence-electron chi connectivity index (χ4n) is 2.04. The van der Waals surface area contributed by atoms with E-state index in [0.717, 1.165) is 17.7 Å². The first-order valence-electron chi connectivity index (χ1n) is 7.61. The number of aliphatic carboxylic acids is 1. The quantitative estimate of drug-likeness (QED) is 0.688. The lowest BCUT2D eigenvalue weighted by Gasteiger charge is -2.17. The van der Waals surface area contributed by atoms with Crippen molar-refractivity contribution in [3.8, 4) is 5.75 Å². The second-order valence-electron chi connectivity index (χ2n) is 5.75. The highest BCUT2D eigenvalue weighted by atomic mass is 16.5. The molecule has 1 aromatic rings. The van der Waals surface area contributed by atoms with Crippen LogP contribution in [0.15, 0.2) is 24.3 Å². The Hall–Kier alpha value is -2.04. The average Bonchev–Trinajstić information content (AvgIpc) is 2.43. The molecule has 0 saturated heterocycles. The molecular formula is C17H25NO4. The molecule has 0 fully saturated rings. The number of carbonyl (C=O) groups is 2. The van der Waals surface area contributed by atoms with Gasteiger partial charge in [0.1, 0.15) is 11.8 Å². The molecular weight excluding hydrogens is 282 g/mol.